The van der Waals surface area contributed by atoms with Crippen molar-refractivity contribution >= 4 is 0 Å². The van der Waals surface area contributed by atoms with Gasteiger partial charge in [-0.25, -0.2) is 26.3 Å². The lowest BCUT2D eigenvalue weighted by molar-refractivity contribution is -0.249. The quantitative estimate of drug-likeness (QED) is 0.103. The number of benzene rings is 4. The first-order chi connectivity index (χ1) is 24.8. The van der Waals surface area contributed by atoms with Gasteiger partial charge in [0.2, 0.25) is 0 Å². The number of ether oxygens (including phenoxy) is 1. The van der Waals surface area contributed by atoms with Crippen LogP contribution in [0.1, 0.15) is 80.9 Å². The molecule has 0 bridgehead atoms. The molecule has 14 heteroatoms. The van der Waals surface area contributed by atoms with Gasteiger partial charge in [0.25, 0.3) is 6.17 Å². The molecule has 1 nitrogen and oxygen atoms in total. The summed E-state index contributed by atoms with van der Waals surface area (Å²) < 4.78 is 188. The van der Waals surface area contributed by atoms with E-state index in [9.17, 15) is 35.1 Å². The monoisotopic (exact) mass is 764 g/mol. The molecule has 4 aromatic rings. The van der Waals surface area contributed by atoms with Gasteiger partial charge in [-0.3, -0.25) is 0 Å². The molecule has 0 saturated heterocycles. The highest BCUT2D eigenvalue weighted by Gasteiger charge is 2.59. The molecule has 1 saturated carbocycles. The fourth-order valence-corrected chi connectivity index (χ4v) is 6.78. The zero-order valence-electron chi connectivity index (χ0n) is 28.1. The van der Waals surface area contributed by atoms with Gasteiger partial charge < -0.3 is 4.74 Å². The molecule has 0 amide bonds. The minimum Gasteiger partial charge on any atom is -0.429 e. The van der Waals surface area contributed by atoms with Crippen molar-refractivity contribution in [2.75, 3.05) is 0 Å². The molecule has 0 heterocycles. The van der Waals surface area contributed by atoms with E-state index in [0.29, 0.717) is 23.6 Å². The average molecular weight is 765 g/mol. The lowest BCUT2D eigenvalue weighted by Crippen LogP contribution is -2.40. The Morgan fingerprint density at radius 2 is 1.23 bits per heavy atom. The molecule has 0 aliphatic heterocycles. The van der Waals surface area contributed by atoms with Crippen LogP contribution in [0.4, 0.5) is 57.1 Å². The van der Waals surface area contributed by atoms with Crippen LogP contribution in [0.25, 0.3) is 22.3 Å². The van der Waals surface area contributed by atoms with E-state index in [1.807, 2.05) is 0 Å². The zero-order chi connectivity index (χ0) is 38.9. The highest BCUT2D eigenvalue weighted by Crippen LogP contribution is 2.45. The van der Waals surface area contributed by atoms with Gasteiger partial charge in [0.1, 0.15) is 34.8 Å². The Hall–Kier alpha value is -4.23. The largest absolute Gasteiger partial charge is 0.429 e. The molecule has 0 aromatic heterocycles. The Kier molecular flexibility index (Phi) is 11.8. The first-order valence-electron chi connectivity index (χ1n) is 16.9. The summed E-state index contributed by atoms with van der Waals surface area (Å²) in [6.07, 6.45) is -7.10. The van der Waals surface area contributed by atoms with Crippen molar-refractivity contribution in [1.82, 2.24) is 0 Å². The van der Waals surface area contributed by atoms with Crippen molar-refractivity contribution in [3.8, 4) is 28.0 Å². The molecule has 286 valence electrons. The Labute approximate surface area is 296 Å². The van der Waals surface area contributed by atoms with Crippen LogP contribution < -0.4 is 4.74 Å². The van der Waals surface area contributed by atoms with Gasteiger partial charge in [-0.15, -0.1) is 0 Å². The second-order valence-electron chi connectivity index (χ2n) is 13.2. The van der Waals surface area contributed by atoms with Crippen molar-refractivity contribution in [1.29, 1.82) is 0 Å². The second kappa shape index (κ2) is 15.6. The summed E-state index contributed by atoms with van der Waals surface area (Å²) in [4.78, 5) is 0. The summed E-state index contributed by atoms with van der Waals surface area (Å²) in [6.45, 7) is 2.14. The molecule has 0 spiro atoms. The molecule has 1 aliphatic rings. The Morgan fingerprint density at radius 1 is 0.642 bits per heavy atom. The molecular formula is C39H33F13O. The Morgan fingerprint density at radius 3 is 1.79 bits per heavy atom. The Bertz CT molecular complexity index is 1890. The zero-order valence-corrected chi connectivity index (χ0v) is 28.1. The summed E-state index contributed by atoms with van der Waals surface area (Å²) in [5, 5.41) is 0. The lowest BCUT2D eigenvalue weighted by atomic mass is 9.77. The molecule has 53 heavy (non-hydrogen) atoms. The van der Waals surface area contributed by atoms with Crippen LogP contribution in [-0.4, -0.2) is 12.3 Å². The molecule has 1 unspecified atom stereocenters. The van der Waals surface area contributed by atoms with E-state index in [4.69, 9.17) is 0 Å². The van der Waals surface area contributed by atoms with E-state index in [0.717, 1.165) is 81.3 Å². The molecule has 4 aromatic carbocycles. The number of unbranched alkanes of at least 4 members (excludes halogenated alkanes) is 2. The maximum Gasteiger partial charge on any atom is 0.429 e. The minimum atomic E-state index is -6.15. The third-order valence-corrected chi connectivity index (χ3v) is 9.60. The summed E-state index contributed by atoms with van der Waals surface area (Å²) in [7, 11) is 0. The van der Waals surface area contributed by atoms with Crippen molar-refractivity contribution in [3.63, 3.8) is 0 Å². The van der Waals surface area contributed by atoms with Crippen LogP contribution in [0.15, 0.2) is 66.7 Å². The first-order valence-corrected chi connectivity index (χ1v) is 16.9. The highest BCUT2D eigenvalue weighted by atomic mass is 19.4. The normalized spacial score (nSPS) is 17.5. The fraction of sp³-hybridized carbons (Fsp3) is 0.385. The van der Waals surface area contributed by atoms with Crippen LogP contribution in [0.5, 0.6) is 5.75 Å². The molecule has 0 radical (unpaired) electrons. The van der Waals surface area contributed by atoms with E-state index in [1.165, 1.54) is 12.5 Å². The third-order valence-electron chi connectivity index (χ3n) is 9.60. The predicted molar refractivity (Wildman–Crippen MR) is 172 cm³/mol. The van der Waals surface area contributed by atoms with Crippen molar-refractivity contribution in [2.45, 2.75) is 88.6 Å². The van der Waals surface area contributed by atoms with Gasteiger partial charge in [-0.05, 0) is 96.7 Å². The molecule has 1 aliphatic carbocycles. The van der Waals surface area contributed by atoms with Crippen LogP contribution in [0, 0.1) is 35.0 Å². The average Bonchev–Trinajstić information content (AvgIpc) is 3.07. The molecule has 0 N–H and O–H groups in total. The van der Waals surface area contributed by atoms with Gasteiger partial charge in [0.15, 0.2) is 0 Å². The maximum absolute atomic E-state index is 15.1. The van der Waals surface area contributed by atoms with E-state index < -0.39 is 81.5 Å². The van der Waals surface area contributed by atoms with Crippen molar-refractivity contribution < 1.29 is 61.8 Å². The van der Waals surface area contributed by atoms with Crippen LogP contribution >= 0.6 is 0 Å². The van der Waals surface area contributed by atoms with Gasteiger partial charge in [0, 0.05) is 17.2 Å². The van der Waals surface area contributed by atoms with Crippen molar-refractivity contribution in [3.05, 3.63) is 113 Å². The van der Waals surface area contributed by atoms with Gasteiger partial charge in [-0.1, -0.05) is 50.8 Å². The van der Waals surface area contributed by atoms with Crippen LogP contribution in [-0.2, 0) is 12.0 Å². The van der Waals surface area contributed by atoms with Crippen LogP contribution in [0.3, 0.4) is 0 Å². The third kappa shape index (κ3) is 8.78. The number of hydrogen-bond donors (Lipinski definition) is 0. The predicted octanol–water partition coefficient (Wildman–Crippen LogP) is 13.7. The molecule has 5 rings (SSSR count). The lowest BCUT2D eigenvalue weighted by Gasteiger charge is -2.29. The summed E-state index contributed by atoms with van der Waals surface area (Å²) in [5.41, 5.74) is -4.98. The number of halogens is 13. The summed E-state index contributed by atoms with van der Waals surface area (Å²) in [5.74, 6) is -14.0. The standard InChI is InChI=1S/C39H33F13O/c1-2-3-4-5-21-6-8-22(9-7-21)23-11-15-29(32(42)16-23)39(51,52)53-26-12-14-27(31(41)20-26)24-10-13-28(30(40)17-24)25-18-33(43)35(34(44)19-25)37(46,47)36(45)38(48,49)50/h10-22,36H,2-9H2,1H3. The summed E-state index contributed by atoms with van der Waals surface area (Å²) in [6, 6.07) is 8.49. The highest BCUT2D eigenvalue weighted by molar-refractivity contribution is 5.72. The van der Waals surface area contributed by atoms with Gasteiger partial charge in [0.05, 0.1) is 11.1 Å². The van der Waals surface area contributed by atoms with E-state index >= 15 is 22.0 Å². The van der Waals surface area contributed by atoms with E-state index in [2.05, 4.69) is 11.7 Å². The minimum absolute atomic E-state index is 0.0362. The number of hydrogen-bond acceptors (Lipinski definition) is 1. The van der Waals surface area contributed by atoms with E-state index in [1.54, 1.807) is 0 Å². The molecule has 1 atom stereocenters. The first kappa shape index (κ1) is 40.0. The fourth-order valence-electron chi connectivity index (χ4n) is 6.78. The van der Waals surface area contributed by atoms with E-state index in [-0.39, 0.29) is 29.2 Å². The molecule has 1 fully saturated rings. The van der Waals surface area contributed by atoms with Gasteiger partial charge in [-0.2, -0.15) is 30.7 Å². The van der Waals surface area contributed by atoms with Crippen molar-refractivity contribution in [2.24, 2.45) is 5.92 Å². The smallest absolute Gasteiger partial charge is 0.429 e. The SMILES string of the molecule is CCCCCC1CCC(c2ccc(C(F)(F)Oc3ccc(-c4ccc(-c5cc(F)c(C(F)(F)C(F)C(F)(F)F)c(F)c5)c(F)c4)c(F)c3)c(F)c2)CC1. The maximum atomic E-state index is 15.1. The summed E-state index contributed by atoms with van der Waals surface area (Å²) >= 11 is 0. The number of alkyl halides is 8. The second-order valence-corrected chi connectivity index (χ2v) is 13.2. The van der Waals surface area contributed by atoms with Crippen LogP contribution in [0.2, 0.25) is 0 Å². The molecular weight excluding hydrogens is 731 g/mol. The number of rotatable bonds is 12. The van der Waals surface area contributed by atoms with Gasteiger partial charge >= 0.3 is 18.2 Å². The Balaban J connectivity index is 1.29. The topological polar surface area (TPSA) is 9.23 Å².